The van der Waals surface area contributed by atoms with Crippen LogP contribution in [-0.2, 0) is 9.59 Å². The van der Waals surface area contributed by atoms with Crippen LogP contribution in [0.4, 0.5) is 0 Å². The van der Waals surface area contributed by atoms with E-state index in [4.69, 9.17) is 0 Å². The number of amides is 2. The first-order valence-electron chi connectivity index (χ1n) is 12.3. The van der Waals surface area contributed by atoms with E-state index >= 15 is 0 Å². The molecule has 0 heterocycles. The van der Waals surface area contributed by atoms with Gasteiger partial charge in [0.2, 0.25) is 11.8 Å². The molecule has 0 atom stereocenters. The molecule has 4 nitrogen and oxygen atoms in total. The van der Waals surface area contributed by atoms with E-state index < -0.39 is 0 Å². The second kappa shape index (κ2) is 27.3. The Balaban J connectivity index is 3.52. The zero-order chi connectivity index (χ0) is 25.0. The maximum absolute atomic E-state index is 11.8. The van der Waals surface area contributed by atoms with Gasteiger partial charge in [0.1, 0.15) is 0 Å². The maximum Gasteiger partial charge on any atom is 0.220 e. The number of rotatable bonds is 21. The Morgan fingerprint density at radius 1 is 0.618 bits per heavy atom. The summed E-state index contributed by atoms with van der Waals surface area (Å²) in [6.07, 6.45) is 33.4. The second-order valence-corrected chi connectivity index (χ2v) is 10.1. The van der Waals surface area contributed by atoms with Crippen LogP contribution in [0.5, 0.6) is 0 Å². The standard InChI is InChI=1S/C28H44N2O2S2/c1-3-4-5-6-7-8-9-10-11-12-13-14-15-16-17-18-19-20-21-22-28(32)30-24-26-34-33-25-23-29-27(2)31/h4-5,7-8,10-11,13-14,16-17,19-20H,3,6,9,12,15,18,21-26H2,1-2H3,(H,29,31)(H,30,32). The average Bonchev–Trinajstić information content (AvgIpc) is 2.82. The number of carbonyl (C=O) groups excluding carboxylic acids is 2. The van der Waals surface area contributed by atoms with Crippen LogP contribution in [-0.4, -0.2) is 36.4 Å². The van der Waals surface area contributed by atoms with Crippen LogP contribution in [0.2, 0.25) is 0 Å². The number of hydrogen-bond acceptors (Lipinski definition) is 4. The molecule has 0 aliphatic heterocycles. The topological polar surface area (TPSA) is 58.2 Å². The van der Waals surface area contributed by atoms with Crippen LogP contribution in [0.3, 0.4) is 0 Å². The molecule has 6 heteroatoms. The lowest BCUT2D eigenvalue weighted by atomic mass is 10.2. The van der Waals surface area contributed by atoms with E-state index in [-0.39, 0.29) is 11.8 Å². The molecule has 0 radical (unpaired) electrons. The first-order chi connectivity index (χ1) is 16.7. The van der Waals surface area contributed by atoms with Gasteiger partial charge in [0.15, 0.2) is 0 Å². The molecule has 0 bridgehead atoms. The largest absolute Gasteiger partial charge is 0.355 e. The third kappa shape index (κ3) is 28.1. The van der Waals surface area contributed by atoms with Crippen LogP contribution < -0.4 is 10.6 Å². The summed E-state index contributed by atoms with van der Waals surface area (Å²) in [7, 11) is 3.43. The fourth-order valence-electron chi connectivity index (χ4n) is 2.56. The maximum atomic E-state index is 11.8. The summed E-state index contributed by atoms with van der Waals surface area (Å²) in [6.45, 7) is 5.04. The van der Waals surface area contributed by atoms with Crippen molar-refractivity contribution in [3.8, 4) is 0 Å². The fourth-order valence-corrected chi connectivity index (χ4v) is 4.37. The summed E-state index contributed by atoms with van der Waals surface area (Å²) < 4.78 is 0. The van der Waals surface area contributed by atoms with E-state index in [1.54, 1.807) is 21.6 Å². The quantitative estimate of drug-likeness (QED) is 0.0994. The van der Waals surface area contributed by atoms with E-state index in [0.717, 1.165) is 56.5 Å². The number of nitrogens with one attached hydrogen (secondary N) is 2. The Morgan fingerprint density at radius 3 is 1.47 bits per heavy atom. The Morgan fingerprint density at radius 2 is 1.03 bits per heavy atom. The van der Waals surface area contributed by atoms with E-state index in [9.17, 15) is 9.59 Å². The molecular formula is C28H44N2O2S2. The molecule has 0 unspecified atom stereocenters. The molecule has 2 N–H and O–H groups in total. The molecule has 0 aromatic rings. The van der Waals surface area contributed by atoms with Crippen LogP contribution in [0.25, 0.3) is 0 Å². The van der Waals surface area contributed by atoms with E-state index in [2.05, 4.69) is 90.5 Å². The van der Waals surface area contributed by atoms with Crippen molar-refractivity contribution in [3.63, 3.8) is 0 Å². The zero-order valence-electron chi connectivity index (χ0n) is 21.0. The molecule has 2 amide bonds. The van der Waals surface area contributed by atoms with Crippen molar-refractivity contribution in [1.82, 2.24) is 10.6 Å². The molecule has 0 spiro atoms. The fraction of sp³-hybridized carbons (Fsp3) is 0.500. The molecular weight excluding hydrogens is 460 g/mol. The van der Waals surface area contributed by atoms with Gasteiger partial charge >= 0.3 is 0 Å². The van der Waals surface area contributed by atoms with Crippen molar-refractivity contribution >= 4 is 33.4 Å². The van der Waals surface area contributed by atoms with Crippen LogP contribution >= 0.6 is 21.6 Å². The van der Waals surface area contributed by atoms with Crippen molar-refractivity contribution in [2.24, 2.45) is 0 Å². The van der Waals surface area contributed by atoms with Gasteiger partial charge in [0.05, 0.1) is 0 Å². The predicted octanol–water partition coefficient (Wildman–Crippen LogP) is 7.10. The van der Waals surface area contributed by atoms with Gasteiger partial charge in [-0.05, 0) is 44.9 Å². The molecule has 0 aromatic heterocycles. The van der Waals surface area contributed by atoms with Crippen molar-refractivity contribution in [2.45, 2.75) is 65.2 Å². The Kier molecular flexibility index (Phi) is 25.8. The van der Waals surface area contributed by atoms with Crippen LogP contribution in [0.1, 0.15) is 65.2 Å². The summed E-state index contributed by atoms with van der Waals surface area (Å²) in [4.78, 5) is 22.5. The normalized spacial score (nSPS) is 12.4. The molecule has 0 fully saturated rings. The number of hydrogen-bond donors (Lipinski definition) is 2. The van der Waals surface area contributed by atoms with E-state index in [1.807, 2.05) is 0 Å². The van der Waals surface area contributed by atoms with Crippen molar-refractivity contribution in [2.75, 3.05) is 24.6 Å². The lowest BCUT2D eigenvalue weighted by molar-refractivity contribution is -0.121. The average molecular weight is 505 g/mol. The molecule has 0 aromatic carbocycles. The highest BCUT2D eigenvalue weighted by Crippen LogP contribution is 2.19. The van der Waals surface area contributed by atoms with Gasteiger partial charge in [-0.3, -0.25) is 9.59 Å². The summed E-state index contributed by atoms with van der Waals surface area (Å²) in [5, 5.41) is 5.70. The van der Waals surface area contributed by atoms with Gasteiger partial charge in [-0.2, -0.15) is 0 Å². The highest BCUT2D eigenvalue weighted by atomic mass is 33.1. The van der Waals surface area contributed by atoms with Crippen molar-refractivity contribution < 1.29 is 9.59 Å². The van der Waals surface area contributed by atoms with Crippen LogP contribution in [0.15, 0.2) is 72.9 Å². The molecule has 0 saturated carbocycles. The first kappa shape index (κ1) is 32.1. The van der Waals surface area contributed by atoms with Gasteiger partial charge in [-0.15, -0.1) is 0 Å². The van der Waals surface area contributed by atoms with Crippen molar-refractivity contribution in [3.05, 3.63) is 72.9 Å². The summed E-state index contributed by atoms with van der Waals surface area (Å²) in [5.41, 5.74) is 0. The number of allylic oxidation sites excluding steroid dienone is 12. The predicted molar refractivity (Wildman–Crippen MR) is 154 cm³/mol. The van der Waals surface area contributed by atoms with Gasteiger partial charge < -0.3 is 10.6 Å². The highest BCUT2D eigenvalue weighted by molar-refractivity contribution is 8.76. The van der Waals surface area contributed by atoms with Gasteiger partial charge in [0, 0.05) is 37.9 Å². The zero-order valence-corrected chi connectivity index (χ0v) is 22.7. The Hall–Kier alpha value is -1.92. The Bertz CT molecular complexity index is 680. The monoisotopic (exact) mass is 504 g/mol. The van der Waals surface area contributed by atoms with Gasteiger partial charge in [0.25, 0.3) is 0 Å². The summed E-state index contributed by atoms with van der Waals surface area (Å²) in [6, 6.07) is 0. The van der Waals surface area contributed by atoms with Crippen molar-refractivity contribution in [1.29, 1.82) is 0 Å². The summed E-state index contributed by atoms with van der Waals surface area (Å²) >= 11 is 0. The van der Waals surface area contributed by atoms with Gasteiger partial charge in [-0.25, -0.2) is 0 Å². The summed E-state index contributed by atoms with van der Waals surface area (Å²) in [5.74, 6) is 1.85. The smallest absolute Gasteiger partial charge is 0.220 e. The second-order valence-electron chi connectivity index (χ2n) is 7.43. The lowest BCUT2D eigenvalue weighted by Crippen LogP contribution is -2.25. The minimum absolute atomic E-state index is 0.00442. The minimum Gasteiger partial charge on any atom is -0.355 e. The van der Waals surface area contributed by atoms with Crippen LogP contribution in [0, 0.1) is 0 Å². The third-order valence-corrected chi connectivity index (χ3v) is 6.69. The number of carbonyl (C=O) groups is 2. The third-order valence-electron chi connectivity index (χ3n) is 4.28. The SMILES string of the molecule is CCC=CCC=CCC=CCC=CCC=CCC=CCCC(=O)NCCSSCCNC(C)=O. The molecule has 34 heavy (non-hydrogen) atoms. The minimum atomic E-state index is 0.00442. The highest BCUT2D eigenvalue weighted by Gasteiger charge is 1.99. The van der Waals surface area contributed by atoms with E-state index in [0.29, 0.717) is 19.5 Å². The first-order valence-corrected chi connectivity index (χ1v) is 14.8. The molecule has 0 rings (SSSR count). The molecule has 190 valence electrons. The lowest BCUT2D eigenvalue weighted by Gasteiger charge is -2.04. The molecule has 0 saturated heterocycles. The van der Waals surface area contributed by atoms with Gasteiger partial charge in [-0.1, -0.05) is 101 Å². The molecule has 0 aliphatic carbocycles. The molecule has 0 aliphatic rings. The Labute approximate surface area is 216 Å². The van der Waals surface area contributed by atoms with E-state index in [1.165, 1.54) is 6.92 Å².